The summed E-state index contributed by atoms with van der Waals surface area (Å²) < 4.78 is 5.95. The number of aromatic carboxylic acids is 1. The van der Waals surface area contributed by atoms with Crippen molar-refractivity contribution < 1.29 is 14.6 Å². The monoisotopic (exact) mass is 157 g/mol. The minimum Gasteiger partial charge on any atom is -0.475 e. The van der Waals surface area contributed by atoms with Crippen LogP contribution in [0.2, 0.25) is 0 Å². The average Bonchev–Trinajstić information content (AvgIpc) is 2.30. The number of rotatable bonds is 2. The second-order valence-corrected chi connectivity index (χ2v) is 1.87. The Morgan fingerprint density at radius 3 is 2.55 bits per heavy atom. The molecule has 0 bridgehead atoms. The minimum absolute atomic E-state index is 0.137. The Labute approximate surface area is 62.4 Å². The van der Waals surface area contributed by atoms with E-state index < -0.39 is 5.97 Å². The topological polar surface area (TPSA) is 77.2 Å². The lowest BCUT2D eigenvalue weighted by Gasteiger charge is -1.96. The number of ether oxygens (including phenoxy) is 1. The van der Waals surface area contributed by atoms with Gasteiger partial charge in [-0.25, -0.2) is 4.79 Å². The number of aromatic nitrogens is 3. The van der Waals surface area contributed by atoms with Crippen LogP contribution < -0.4 is 4.74 Å². The predicted molar refractivity (Wildman–Crippen MR) is 34.5 cm³/mol. The molecule has 0 spiro atoms. The highest BCUT2D eigenvalue weighted by molar-refractivity contribution is 5.83. The summed E-state index contributed by atoms with van der Waals surface area (Å²) in [7, 11) is 2.91. The molecule has 0 aliphatic rings. The number of nitrogens with zero attached hydrogens (tertiary/aromatic N) is 3. The van der Waals surface area contributed by atoms with Crippen molar-refractivity contribution in [2.75, 3.05) is 7.11 Å². The largest absolute Gasteiger partial charge is 0.475 e. The van der Waals surface area contributed by atoms with Crippen LogP contribution in [0.4, 0.5) is 0 Å². The van der Waals surface area contributed by atoms with Crippen molar-refractivity contribution in [1.29, 1.82) is 0 Å². The molecule has 0 aliphatic heterocycles. The Kier molecular flexibility index (Phi) is 1.75. The molecule has 6 nitrogen and oxygen atoms in total. The van der Waals surface area contributed by atoms with Gasteiger partial charge in [0.05, 0.1) is 7.11 Å². The van der Waals surface area contributed by atoms with E-state index in [1.807, 2.05) is 0 Å². The van der Waals surface area contributed by atoms with Crippen molar-refractivity contribution in [3.8, 4) is 6.01 Å². The molecule has 6 heteroatoms. The van der Waals surface area contributed by atoms with E-state index in [1.165, 1.54) is 18.7 Å². The van der Waals surface area contributed by atoms with Crippen molar-refractivity contribution in [2.24, 2.45) is 7.05 Å². The normalized spacial score (nSPS) is 9.64. The molecule has 0 atom stereocenters. The maximum atomic E-state index is 10.4. The summed E-state index contributed by atoms with van der Waals surface area (Å²) in [6, 6.07) is 0.183. The van der Waals surface area contributed by atoms with Gasteiger partial charge in [-0.15, -0.1) is 5.10 Å². The van der Waals surface area contributed by atoms with E-state index in [0.29, 0.717) is 0 Å². The fourth-order valence-corrected chi connectivity index (χ4v) is 0.679. The van der Waals surface area contributed by atoms with Gasteiger partial charge in [0.1, 0.15) is 0 Å². The van der Waals surface area contributed by atoms with Crippen LogP contribution >= 0.6 is 0 Å². The van der Waals surface area contributed by atoms with Gasteiger partial charge in [-0.3, -0.25) is 4.57 Å². The van der Waals surface area contributed by atoms with E-state index in [2.05, 4.69) is 10.2 Å². The highest BCUT2D eigenvalue weighted by atomic mass is 16.5. The first-order chi connectivity index (χ1) is 5.16. The van der Waals surface area contributed by atoms with Gasteiger partial charge < -0.3 is 9.84 Å². The Morgan fingerprint density at radius 2 is 2.27 bits per heavy atom. The Bertz CT molecular complexity index is 281. The van der Waals surface area contributed by atoms with Gasteiger partial charge in [0.25, 0.3) is 0 Å². The molecule has 1 heterocycles. The quantitative estimate of drug-likeness (QED) is 0.627. The van der Waals surface area contributed by atoms with Crippen molar-refractivity contribution in [3.05, 3.63) is 5.82 Å². The molecular weight excluding hydrogens is 150 g/mol. The summed E-state index contributed by atoms with van der Waals surface area (Å²) >= 11 is 0. The minimum atomic E-state index is -1.12. The molecule has 1 rings (SSSR count). The fourth-order valence-electron chi connectivity index (χ4n) is 0.679. The third-order valence-corrected chi connectivity index (χ3v) is 1.21. The zero-order chi connectivity index (χ0) is 8.43. The fraction of sp³-hybridized carbons (Fsp3) is 0.400. The molecule has 0 unspecified atom stereocenters. The van der Waals surface area contributed by atoms with Gasteiger partial charge in [0, 0.05) is 7.05 Å². The number of carboxylic acid groups (broad SMARTS) is 1. The smallest absolute Gasteiger partial charge is 0.374 e. The number of methoxy groups -OCH3 is 1. The first kappa shape index (κ1) is 7.52. The van der Waals surface area contributed by atoms with Crippen molar-refractivity contribution in [2.45, 2.75) is 0 Å². The van der Waals surface area contributed by atoms with Crippen LogP contribution in [-0.4, -0.2) is 33.0 Å². The van der Waals surface area contributed by atoms with Crippen LogP contribution in [0.1, 0.15) is 10.6 Å². The molecule has 0 radical (unpaired) electrons. The molecule has 0 aliphatic carbocycles. The SMILES string of the molecule is COc1nnc(C(=O)O)n1C. The lowest BCUT2D eigenvalue weighted by Crippen LogP contribution is -2.06. The summed E-state index contributed by atoms with van der Waals surface area (Å²) in [5, 5.41) is 15.3. The van der Waals surface area contributed by atoms with Gasteiger partial charge in [0.2, 0.25) is 5.82 Å². The highest BCUT2D eigenvalue weighted by Crippen LogP contribution is 2.05. The van der Waals surface area contributed by atoms with Crippen LogP contribution in [0.3, 0.4) is 0 Å². The molecule has 0 saturated heterocycles. The summed E-state index contributed by atoms with van der Waals surface area (Å²) in [4.78, 5) is 10.4. The van der Waals surface area contributed by atoms with Crippen LogP contribution in [-0.2, 0) is 7.05 Å². The van der Waals surface area contributed by atoms with Gasteiger partial charge in [-0.2, -0.15) is 0 Å². The Morgan fingerprint density at radius 1 is 1.64 bits per heavy atom. The van der Waals surface area contributed by atoms with Crippen LogP contribution in [0.15, 0.2) is 0 Å². The molecule has 0 saturated carbocycles. The number of hydrogen-bond donors (Lipinski definition) is 1. The second-order valence-electron chi connectivity index (χ2n) is 1.87. The van der Waals surface area contributed by atoms with Crippen LogP contribution in [0, 0.1) is 0 Å². The maximum Gasteiger partial charge on any atom is 0.374 e. The van der Waals surface area contributed by atoms with Crippen LogP contribution in [0.5, 0.6) is 6.01 Å². The van der Waals surface area contributed by atoms with E-state index in [0.717, 1.165) is 0 Å². The highest BCUT2D eigenvalue weighted by Gasteiger charge is 2.14. The van der Waals surface area contributed by atoms with Crippen LogP contribution in [0.25, 0.3) is 0 Å². The number of carbonyl (C=O) groups is 1. The molecule has 0 amide bonds. The Balaban J connectivity index is 3.10. The maximum absolute atomic E-state index is 10.4. The van der Waals surface area contributed by atoms with E-state index in [4.69, 9.17) is 9.84 Å². The number of hydrogen-bond acceptors (Lipinski definition) is 4. The first-order valence-corrected chi connectivity index (χ1v) is 2.83. The molecule has 1 N–H and O–H groups in total. The number of carboxylic acids is 1. The van der Waals surface area contributed by atoms with Gasteiger partial charge in [0.15, 0.2) is 0 Å². The van der Waals surface area contributed by atoms with E-state index >= 15 is 0 Å². The summed E-state index contributed by atoms with van der Waals surface area (Å²) in [5.41, 5.74) is 0. The van der Waals surface area contributed by atoms with Crippen molar-refractivity contribution in [1.82, 2.24) is 14.8 Å². The average molecular weight is 157 g/mol. The molecule has 0 aromatic carbocycles. The molecule has 1 aromatic rings. The summed E-state index contributed by atoms with van der Waals surface area (Å²) in [6.45, 7) is 0. The standard InChI is InChI=1S/C5H7N3O3/c1-8-3(4(9)10)6-7-5(8)11-2/h1-2H3,(H,9,10). The third-order valence-electron chi connectivity index (χ3n) is 1.21. The Hall–Kier alpha value is -1.59. The second kappa shape index (κ2) is 2.57. The lowest BCUT2D eigenvalue weighted by molar-refractivity contribution is 0.0678. The molecule has 0 fully saturated rings. The van der Waals surface area contributed by atoms with E-state index in [1.54, 1.807) is 0 Å². The van der Waals surface area contributed by atoms with Gasteiger partial charge in [-0.05, 0) is 0 Å². The zero-order valence-corrected chi connectivity index (χ0v) is 6.11. The molecule has 11 heavy (non-hydrogen) atoms. The summed E-state index contributed by atoms with van der Waals surface area (Å²) in [6.07, 6.45) is 0. The predicted octanol–water partition coefficient (Wildman–Crippen LogP) is -0.478. The van der Waals surface area contributed by atoms with Crippen molar-refractivity contribution >= 4 is 5.97 Å². The molecule has 60 valence electrons. The first-order valence-electron chi connectivity index (χ1n) is 2.83. The van der Waals surface area contributed by atoms with Gasteiger partial charge in [-0.1, -0.05) is 5.10 Å². The molecular formula is C5H7N3O3. The zero-order valence-electron chi connectivity index (χ0n) is 6.11. The van der Waals surface area contributed by atoms with E-state index in [9.17, 15) is 4.79 Å². The summed E-state index contributed by atoms with van der Waals surface area (Å²) in [5.74, 6) is -1.26. The third kappa shape index (κ3) is 1.14. The van der Waals surface area contributed by atoms with Gasteiger partial charge >= 0.3 is 12.0 Å². The lowest BCUT2D eigenvalue weighted by atomic mass is 10.6. The molecule has 1 aromatic heterocycles. The van der Waals surface area contributed by atoms with Crippen molar-refractivity contribution in [3.63, 3.8) is 0 Å². The van der Waals surface area contributed by atoms with E-state index in [-0.39, 0.29) is 11.8 Å².